The first-order valence-electron chi connectivity index (χ1n) is 8.78. The number of carbonyl (C=O) groups excluding carboxylic acids is 1. The molecule has 142 valence electrons. The molecule has 2 N–H and O–H groups in total. The summed E-state index contributed by atoms with van der Waals surface area (Å²) in [5.41, 5.74) is 0.0985. The van der Waals surface area contributed by atoms with Crippen molar-refractivity contribution in [3.05, 3.63) is 12.2 Å². The van der Waals surface area contributed by atoms with Crippen LogP contribution in [0.25, 0.3) is 0 Å². The van der Waals surface area contributed by atoms with Gasteiger partial charge >= 0.3 is 18.1 Å². The van der Waals surface area contributed by atoms with Crippen LogP contribution in [0.1, 0.15) is 52.4 Å². The zero-order valence-corrected chi connectivity index (χ0v) is 14.6. The summed E-state index contributed by atoms with van der Waals surface area (Å²) in [7, 11) is 0. The van der Waals surface area contributed by atoms with Crippen LogP contribution < -0.4 is 5.32 Å². The SMILES string of the molecule is CC1(C)[C@H]2C[C@H](NC(=O)C(F)(F)F)[C@@H](CC=CCCCC(=O)O)[C@@H]1C2. The van der Waals surface area contributed by atoms with Gasteiger partial charge in [-0.05, 0) is 55.3 Å². The number of amides is 1. The molecule has 7 heteroatoms. The third-order valence-corrected chi connectivity index (χ3v) is 6.03. The number of hydrogen-bond donors (Lipinski definition) is 2. The van der Waals surface area contributed by atoms with Crippen molar-refractivity contribution in [3.8, 4) is 0 Å². The second kappa shape index (κ2) is 7.38. The number of unbranched alkanes of at least 4 members (excludes halogenated alkanes) is 1. The van der Waals surface area contributed by atoms with E-state index in [9.17, 15) is 22.8 Å². The standard InChI is InChI=1S/C18H26F3NO3/c1-17(2)11-9-13(17)12(7-5-3-4-6-8-15(23)24)14(10-11)22-16(25)18(19,20)21/h3,5,11-14H,4,6-10H2,1-2H3,(H,22,25)(H,23,24)/t11-,12+,13+,14+/m1/s1. The molecule has 0 radical (unpaired) electrons. The van der Waals surface area contributed by atoms with Crippen molar-refractivity contribution in [2.75, 3.05) is 0 Å². The minimum Gasteiger partial charge on any atom is -0.481 e. The molecule has 0 saturated heterocycles. The molecule has 0 unspecified atom stereocenters. The van der Waals surface area contributed by atoms with Crippen LogP contribution in [0.15, 0.2) is 12.2 Å². The second-order valence-corrected chi connectivity index (χ2v) is 7.83. The lowest BCUT2D eigenvalue weighted by Gasteiger charge is -2.62. The number of carboxylic acids is 1. The largest absolute Gasteiger partial charge is 0.481 e. The molecule has 4 atom stereocenters. The lowest BCUT2D eigenvalue weighted by molar-refractivity contribution is -0.179. The Morgan fingerprint density at radius 2 is 1.92 bits per heavy atom. The topological polar surface area (TPSA) is 66.4 Å². The Morgan fingerprint density at radius 1 is 1.24 bits per heavy atom. The van der Waals surface area contributed by atoms with Crippen LogP contribution in [0.3, 0.4) is 0 Å². The van der Waals surface area contributed by atoms with Crippen molar-refractivity contribution >= 4 is 11.9 Å². The number of alkyl halides is 3. The van der Waals surface area contributed by atoms with Crippen molar-refractivity contribution in [3.63, 3.8) is 0 Å². The Kier molecular flexibility index (Phi) is 5.84. The minimum absolute atomic E-state index is 0.0120. The smallest absolute Gasteiger partial charge is 0.471 e. The average molecular weight is 361 g/mol. The molecule has 3 fully saturated rings. The number of carboxylic acid groups (broad SMARTS) is 1. The van der Waals surface area contributed by atoms with E-state index in [-0.39, 0.29) is 17.8 Å². The lowest BCUT2D eigenvalue weighted by Crippen LogP contribution is -2.62. The van der Waals surface area contributed by atoms with E-state index in [2.05, 4.69) is 19.2 Å². The molecular weight excluding hydrogens is 335 g/mol. The molecule has 0 heterocycles. The van der Waals surface area contributed by atoms with Crippen LogP contribution in [0.5, 0.6) is 0 Å². The summed E-state index contributed by atoms with van der Waals surface area (Å²) in [6.07, 6.45) is 2.44. The van der Waals surface area contributed by atoms with E-state index in [1.807, 2.05) is 12.2 Å². The Bertz CT molecular complexity index is 542. The summed E-state index contributed by atoms with van der Waals surface area (Å²) in [4.78, 5) is 21.8. The van der Waals surface area contributed by atoms with Crippen LogP contribution in [0.2, 0.25) is 0 Å². The Hall–Kier alpha value is -1.53. The molecule has 0 aromatic rings. The third-order valence-electron chi connectivity index (χ3n) is 6.03. The van der Waals surface area contributed by atoms with Crippen LogP contribution >= 0.6 is 0 Å². The highest BCUT2D eigenvalue weighted by atomic mass is 19.4. The highest BCUT2D eigenvalue weighted by molar-refractivity contribution is 5.82. The highest BCUT2D eigenvalue weighted by Crippen LogP contribution is 2.62. The quantitative estimate of drug-likeness (QED) is 0.534. The molecular formula is C18H26F3NO3. The minimum atomic E-state index is -4.85. The Morgan fingerprint density at radius 3 is 2.48 bits per heavy atom. The molecule has 2 bridgehead atoms. The number of fused-ring (bicyclic) bond motifs is 2. The monoisotopic (exact) mass is 361 g/mol. The van der Waals surface area contributed by atoms with Gasteiger partial charge in [-0.3, -0.25) is 9.59 Å². The fourth-order valence-electron chi connectivity index (χ4n) is 4.43. The predicted octanol–water partition coefficient (Wildman–Crippen LogP) is 3.92. The first-order chi connectivity index (χ1) is 11.5. The third kappa shape index (κ3) is 4.55. The summed E-state index contributed by atoms with van der Waals surface area (Å²) in [6, 6.07) is -0.449. The summed E-state index contributed by atoms with van der Waals surface area (Å²) >= 11 is 0. The van der Waals surface area contributed by atoms with Gasteiger partial charge in [0.15, 0.2) is 0 Å². The number of carbonyl (C=O) groups is 2. The van der Waals surface area contributed by atoms with E-state index in [4.69, 9.17) is 5.11 Å². The molecule has 25 heavy (non-hydrogen) atoms. The number of aliphatic carboxylic acids is 1. The first kappa shape index (κ1) is 19.8. The molecule has 3 saturated carbocycles. The molecule has 0 aromatic heterocycles. The molecule has 3 aliphatic rings. The number of nitrogens with one attached hydrogen (secondary N) is 1. The maximum absolute atomic E-state index is 12.6. The maximum atomic E-state index is 12.6. The summed E-state index contributed by atoms with van der Waals surface area (Å²) < 4.78 is 37.7. The summed E-state index contributed by atoms with van der Waals surface area (Å²) in [6.45, 7) is 4.30. The van der Waals surface area contributed by atoms with Crippen molar-refractivity contribution in [2.24, 2.45) is 23.2 Å². The number of hydrogen-bond acceptors (Lipinski definition) is 2. The fraction of sp³-hybridized carbons (Fsp3) is 0.778. The normalized spacial score (nSPS) is 30.8. The Balaban J connectivity index is 1.95. The van der Waals surface area contributed by atoms with Gasteiger partial charge in [0, 0.05) is 12.5 Å². The van der Waals surface area contributed by atoms with E-state index in [0.29, 0.717) is 37.5 Å². The molecule has 3 rings (SSSR count). The van der Waals surface area contributed by atoms with Crippen molar-refractivity contribution in [1.82, 2.24) is 5.32 Å². The fourth-order valence-corrected chi connectivity index (χ4v) is 4.43. The molecule has 4 nitrogen and oxygen atoms in total. The van der Waals surface area contributed by atoms with Gasteiger partial charge in [-0.1, -0.05) is 26.0 Å². The number of rotatable bonds is 7. The number of halogens is 3. The van der Waals surface area contributed by atoms with Gasteiger partial charge in [0.25, 0.3) is 0 Å². The van der Waals surface area contributed by atoms with Gasteiger partial charge in [-0.2, -0.15) is 13.2 Å². The van der Waals surface area contributed by atoms with E-state index >= 15 is 0 Å². The van der Waals surface area contributed by atoms with Gasteiger partial charge in [-0.15, -0.1) is 0 Å². The van der Waals surface area contributed by atoms with E-state index in [0.717, 1.165) is 6.42 Å². The van der Waals surface area contributed by atoms with Gasteiger partial charge in [0.1, 0.15) is 0 Å². The zero-order valence-electron chi connectivity index (χ0n) is 14.6. The van der Waals surface area contributed by atoms with Crippen LogP contribution in [0, 0.1) is 23.2 Å². The second-order valence-electron chi connectivity index (χ2n) is 7.83. The molecule has 1 amide bonds. The van der Waals surface area contributed by atoms with Crippen LogP contribution in [0.4, 0.5) is 13.2 Å². The molecule has 0 aliphatic heterocycles. The van der Waals surface area contributed by atoms with Gasteiger partial charge in [-0.25, -0.2) is 0 Å². The first-order valence-corrected chi connectivity index (χ1v) is 8.78. The van der Waals surface area contributed by atoms with E-state index in [1.165, 1.54) is 0 Å². The van der Waals surface area contributed by atoms with E-state index in [1.54, 1.807) is 0 Å². The Labute approximate surface area is 145 Å². The summed E-state index contributed by atoms with van der Waals surface area (Å²) in [5, 5.41) is 10.8. The van der Waals surface area contributed by atoms with Crippen molar-refractivity contribution in [1.29, 1.82) is 0 Å². The zero-order chi connectivity index (χ0) is 18.8. The van der Waals surface area contributed by atoms with Crippen molar-refractivity contribution < 1.29 is 27.9 Å². The van der Waals surface area contributed by atoms with Crippen LogP contribution in [-0.2, 0) is 9.59 Å². The highest BCUT2D eigenvalue weighted by Gasteiger charge is 2.58. The van der Waals surface area contributed by atoms with Gasteiger partial charge in [0.05, 0.1) is 0 Å². The maximum Gasteiger partial charge on any atom is 0.471 e. The predicted molar refractivity (Wildman–Crippen MR) is 86.7 cm³/mol. The van der Waals surface area contributed by atoms with Gasteiger partial charge in [0.2, 0.25) is 0 Å². The average Bonchev–Trinajstić information content (AvgIpc) is 2.49. The summed E-state index contributed by atoms with van der Waals surface area (Å²) in [5.74, 6) is -2.05. The van der Waals surface area contributed by atoms with Crippen molar-refractivity contribution in [2.45, 2.75) is 64.6 Å². The van der Waals surface area contributed by atoms with Gasteiger partial charge < -0.3 is 10.4 Å². The molecule has 3 aliphatic carbocycles. The lowest BCUT2D eigenvalue weighted by atomic mass is 9.44. The van der Waals surface area contributed by atoms with Crippen LogP contribution in [-0.4, -0.2) is 29.2 Å². The van der Waals surface area contributed by atoms with E-state index < -0.39 is 24.1 Å². The number of allylic oxidation sites excluding steroid dienone is 2. The molecule has 0 spiro atoms. The molecule has 0 aromatic carbocycles.